The number of nitrogens with zero attached hydrogens (tertiary/aromatic N) is 2. The van der Waals surface area contributed by atoms with Gasteiger partial charge in [-0.2, -0.15) is 0 Å². The maximum absolute atomic E-state index is 11.8. The molecular formula is C13H16N2O4. The molecule has 6 nitrogen and oxygen atoms in total. The van der Waals surface area contributed by atoms with E-state index in [4.69, 9.17) is 5.11 Å². The number of carbonyl (C=O) groups is 1. The van der Waals surface area contributed by atoms with Crippen molar-refractivity contribution >= 4 is 17.7 Å². The molecule has 1 rings (SSSR count). The molecule has 0 heterocycles. The van der Waals surface area contributed by atoms with Crippen molar-refractivity contribution in [3.8, 4) is 0 Å². The smallest absolute Gasteiger partial charge is 0.276 e. The Kier molecular flexibility index (Phi) is 5.20. The molecule has 102 valence electrons. The van der Waals surface area contributed by atoms with Gasteiger partial charge in [0, 0.05) is 19.2 Å². The van der Waals surface area contributed by atoms with Crippen LogP contribution in [-0.2, 0) is 4.79 Å². The van der Waals surface area contributed by atoms with Gasteiger partial charge in [-0.15, -0.1) is 0 Å². The summed E-state index contributed by atoms with van der Waals surface area (Å²) in [4.78, 5) is 23.4. The van der Waals surface area contributed by atoms with Gasteiger partial charge >= 0.3 is 0 Å². The van der Waals surface area contributed by atoms with Crippen molar-refractivity contribution in [3.05, 3.63) is 46.0 Å². The van der Waals surface area contributed by atoms with Crippen molar-refractivity contribution in [2.45, 2.75) is 13.0 Å². The number of amides is 1. The summed E-state index contributed by atoms with van der Waals surface area (Å²) in [7, 11) is 1.56. The average Bonchev–Trinajstić information content (AvgIpc) is 2.43. The first-order valence-electron chi connectivity index (χ1n) is 5.76. The van der Waals surface area contributed by atoms with Crippen LogP contribution < -0.4 is 0 Å². The lowest BCUT2D eigenvalue weighted by Crippen LogP contribution is -2.36. The molecule has 0 radical (unpaired) electrons. The first-order chi connectivity index (χ1) is 8.97. The summed E-state index contributed by atoms with van der Waals surface area (Å²) >= 11 is 0. The number of nitro groups is 1. The molecule has 1 unspecified atom stereocenters. The normalized spacial score (nSPS) is 12.4. The molecule has 0 aliphatic carbocycles. The van der Waals surface area contributed by atoms with E-state index in [0.29, 0.717) is 5.56 Å². The molecule has 0 aromatic heterocycles. The highest BCUT2D eigenvalue weighted by atomic mass is 16.6. The number of hydrogen-bond acceptors (Lipinski definition) is 4. The summed E-state index contributed by atoms with van der Waals surface area (Å²) in [6.45, 7) is 1.57. The number of rotatable bonds is 5. The number of hydrogen-bond donors (Lipinski definition) is 1. The Hall–Kier alpha value is -2.21. The van der Waals surface area contributed by atoms with Gasteiger partial charge in [-0.05, 0) is 19.1 Å². The zero-order valence-electron chi connectivity index (χ0n) is 10.8. The maximum Gasteiger partial charge on any atom is 0.276 e. The van der Waals surface area contributed by atoms with Crippen molar-refractivity contribution in [1.29, 1.82) is 0 Å². The lowest BCUT2D eigenvalue weighted by Gasteiger charge is -2.21. The minimum Gasteiger partial charge on any atom is -0.394 e. The van der Waals surface area contributed by atoms with E-state index in [1.165, 1.54) is 23.1 Å². The zero-order chi connectivity index (χ0) is 14.4. The van der Waals surface area contributed by atoms with E-state index >= 15 is 0 Å². The van der Waals surface area contributed by atoms with Crippen LogP contribution in [0.2, 0.25) is 0 Å². The Morgan fingerprint density at radius 3 is 2.74 bits per heavy atom. The fraction of sp³-hybridized carbons (Fsp3) is 0.308. The number of aliphatic hydroxyl groups is 1. The largest absolute Gasteiger partial charge is 0.394 e. The summed E-state index contributed by atoms with van der Waals surface area (Å²) in [5.74, 6) is -0.320. The Morgan fingerprint density at radius 2 is 2.16 bits per heavy atom. The lowest BCUT2D eigenvalue weighted by atomic mass is 10.1. The van der Waals surface area contributed by atoms with Crippen LogP contribution in [0.15, 0.2) is 30.3 Å². The molecule has 1 aromatic rings. The number of carbonyl (C=O) groups excluding carboxylic acids is 1. The van der Waals surface area contributed by atoms with Crippen LogP contribution in [0.3, 0.4) is 0 Å². The Balaban J connectivity index is 2.88. The fourth-order valence-corrected chi connectivity index (χ4v) is 1.41. The van der Waals surface area contributed by atoms with Gasteiger partial charge in [0.05, 0.1) is 23.1 Å². The predicted octanol–water partition coefficient (Wildman–Crippen LogP) is 1.45. The number of para-hydroxylation sites is 1. The van der Waals surface area contributed by atoms with Gasteiger partial charge in [-0.3, -0.25) is 14.9 Å². The second-order valence-corrected chi connectivity index (χ2v) is 4.13. The standard InChI is InChI=1S/C13H16N2O4/c1-10(9-16)14(2)13(17)8-7-11-5-3-4-6-12(11)15(18)19/h3-8,10,16H,9H2,1-2H3/b8-7+. The summed E-state index contributed by atoms with van der Waals surface area (Å²) in [5.41, 5.74) is 0.315. The summed E-state index contributed by atoms with van der Waals surface area (Å²) < 4.78 is 0. The lowest BCUT2D eigenvalue weighted by molar-refractivity contribution is -0.385. The van der Waals surface area contributed by atoms with E-state index in [9.17, 15) is 14.9 Å². The molecule has 0 aliphatic rings. The van der Waals surface area contributed by atoms with Gasteiger partial charge in [0.25, 0.3) is 5.69 Å². The number of likely N-dealkylation sites (N-methyl/N-ethyl adjacent to an activating group) is 1. The van der Waals surface area contributed by atoms with E-state index in [1.54, 1.807) is 32.2 Å². The van der Waals surface area contributed by atoms with Crippen LogP contribution in [0, 0.1) is 10.1 Å². The third-order valence-corrected chi connectivity index (χ3v) is 2.81. The van der Waals surface area contributed by atoms with Gasteiger partial charge in [0.2, 0.25) is 5.91 Å². The van der Waals surface area contributed by atoms with Crippen LogP contribution in [0.5, 0.6) is 0 Å². The van der Waals surface area contributed by atoms with Crippen LogP contribution in [0.25, 0.3) is 6.08 Å². The van der Waals surface area contributed by atoms with Crippen molar-refractivity contribution in [2.75, 3.05) is 13.7 Å². The van der Waals surface area contributed by atoms with Gasteiger partial charge in [0.1, 0.15) is 0 Å². The van der Waals surface area contributed by atoms with Crippen molar-refractivity contribution < 1.29 is 14.8 Å². The monoisotopic (exact) mass is 264 g/mol. The van der Waals surface area contributed by atoms with Crippen molar-refractivity contribution in [1.82, 2.24) is 4.90 Å². The Labute approximate surface area is 111 Å². The van der Waals surface area contributed by atoms with E-state index in [2.05, 4.69) is 0 Å². The number of benzene rings is 1. The molecular weight excluding hydrogens is 248 g/mol. The number of nitro benzene ring substituents is 1. The fourth-order valence-electron chi connectivity index (χ4n) is 1.41. The zero-order valence-corrected chi connectivity index (χ0v) is 10.8. The minimum absolute atomic E-state index is 0.0515. The second-order valence-electron chi connectivity index (χ2n) is 4.13. The molecule has 1 amide bonds. The first kappa shape index (κ1) is 14.8. The van der Waals surface area contributed by atoms with E-state index in [1.807, 2.05) is 0 Å². The topological polar surface area (TPSA) is 83.7 Å². The highest BCUT2D eigenvalue weighted by molar-refractivity contribution is 5.92. The van der Waals surface area contributed by atoms with Crippen LogP contribution >= 0.6 is 0 Å². The van der Waals surface area contributed by atoms with E-state index in [-0.39, 0.29) is 24.2 Å². The number of aliphatic hydroxyl groups excluding tert-OH is 1. The molecule has 1 atom stereocenters. The van der Waals surface area contributed by atoms with Gasteiger partial charge in [0.15, 0.2) is 0 Å². The van der Waals surface area contributed by atoms with Gasteiger partial charge < -0.3 is 10.0 Å². The molecule has 0 spiro atoms. The predicted molar refractivity (Wildman–Crippen MR) is 71.4 cm³/mol. The first-order valence-corrected chi connectivity index (χ1v) is 5.76. The van der Waals surface area contributed by atoms with Crippen molar-refractivity contribution in [2.24, 2.45) is 0 Å². The molecule has 6 heteroatoms. The van der Waals surface area contributed by atoms with Crippen LogP contribution in [0.4, 0.5) is 5.69 Å². The van der Waals surface area contributed by atoms with E-state index in [0.717, 1.165) is 0 Å². The molecule has 0 saturated heterocycles. The molecule has 0 bridgehead atoms. The molecule has 1 N–H and O–H groups in total. The summed E-state index contributed by atoms with van der Waals surface area (Å²) in [5, 5.41) is 19.7. The third-order valence-electron chi connectivity index (χ3n) is 2.81. The Morgan fingerprint density at radius 1 is 1.53 bits per heavy atom. The molecule has 1 aromatic carbocycles. The van der Waals surface area contributed by atoms with Crippen molar-refractivity contribution in [3.63, 3.8) is 0 Å². The second kappa shape index (κ2) is 6.65. The molecule has 0 fully saturated rings. The van der Waals surface area contributed by atoms with Crippen LogP contribution in [0.1, 0.15) is 12.5 Å². The Bertz CT molecular complexity index is 499. The van der Waals surface area contributed by atoms with E-state index < -0.39 is 4.92 Å². The highest BCUT2D eigenvalue weighted by Gasteiger charge is 2.13. The van der Waals surface area contributed by atoms with Crippen LogP contribution in [-0.4, -0.2) is 40.5 Å². The average molecular weight is 264 g/mol. The molecule has 0 saturated carbocycles. The minimum atomic E-state index is -0.496. The maximum atomic E-state index is 11.8. The SMILES string of the molecule is CC(CO)N(C)C(=O)/C=C/c1ccccc1[N+](=O)[O-]. The summed E-state index contributed by atoms with van der Waals surface area (Å²) in [6.07, 6.45) is 2.66. The highest BCUT2D eigenvalue weighted by Crippen LogP contribution is 2.19. The quantitative estimate of drug-likeness (QED) is 0.495. The summed E-state index contributed by atoms with van der Waals surface area (Å²) in [6, 6.07) is 5.87. The third kappa shape index (κ3) is 3.89. The molecule has 0 aliphatic heterocycles. The van der Waals surface area contributed by atoms with Gasteiger partial charge in [-0.1, -0.05) is 12.1 Å². The van der Waals surface area contributed by atoms with Gasteiger partial charge in [-0.25, -0.2) is 0 Å². The molecule has 19 heavy (non-hydrogen) atoms.